The van der Waals surface area contributed by atoms with Crippen LogP contribution in [0.4, 0.5) is 0 Å². The zero-order chi connectivity index (χ0) is 19.5. The number of hydrogen-bond donors (Lipinski definition) is 3. The van der Waals surface area contributed by atoms with Crippen molar-refractivity contribution in [1.82, 2.24) is 10.3 Å². The Morgan fingerprint density at radius 3 is 2.56 bits per heavy atom. The molecular formula is C21H32N2O3S. The lowest BCUT2D eigenvalue weighted by Crippen LogP contribution is -2.32. The van der Waals surface area contributed by atoms with E-state index >= 15 is 0 Å². The van der Waals surface area contributed by atoms with Crippen molar-refractivity contribution in [2.75, 3.05) is 19.8 Å². The van der Waals surface area contributed by atoms with Crippen molar-refractivity contribution in [3.63, 3.8) is 0 Å². The topological polar surface area (TPSA) is 74.6 Å². The van der Waals surface area contributed by atoms with Crippen molar-refractivity contribution >= 4 is 11.3 Å². The Hall–Kier alpha value is -1.47. The zero-order valence-electron chi connectivity index (χ0n) is 16.4. The normalized spacial score (nSPS) is 13.5. The van der Waals surface area contributed by atoms with Gasteiger partial charge in [-0.15, -0.1) is 11.3 Å². The summed E-state index contributed by atoms with van der Waals surface area (Å²) in [5.41, 5.74) is 1.99. The Morgan fingerprint density at radius 1 is 1.15 bits per heavy atom. The van der Waals surface area contributed by atoms with Gasteiger partial charge in [0.05, 0.1) is 17.3 Å². The molecule has 3 N–H and O–H groups in total. The molecule has 2 rings (SSSR count). The van der Waals surface area contributed by atoms with E-state index in [1.54, 1.807) is 11.3 Å². The van der Waals surface area contributed by atoms with Crippen LogP contribution in [0.1, 0.15) is 55.0 Å². The smallest absolute Gasteiger partial charge is 0.119 e. The minimum absolute atomic E-state index is 0.262. The summed E-state index contributed by atoms with van der Waals surface area (Å²) >= 11 is 1.56. The van der Waals surface area contributed by atoms with E-state index in [9.17, 15) is 5.11 Å². The Labute approximate surface area is 166 Å². The van der Waals surface area contributed by atoms with Gasteiger partial charge in [0.2, 0.25) is 0 Å². The van der Waals surface area contributed by atoms with Crippen LogP contribution in [-0.2, 0) is 6.42 Å². The van der Waals surface area contributed by atoms with Crippen molar-refractivity contribution in [1.29, 1.82) is 0 Å². The van der Waals surface area contributed by atoms with Crippen LogP contribution >= 0.6 is 11.3 Å². The number of aryl methyl sites for hydroxylation is 1. The highest BCUT2D eigenvalue weighted by atomic mass is 32.1. The Balaban J connectivity index is 1.66. The first kappa shape index (κ1) is 21.8. The number of nitrogens with zero attached hydrogens (tertiary/aromatic N) is 1. The van der Waals surface area contributed by atoms with Gasteiger partial charge in [0, 0.05) is 24.6 Å². The molecule has 0 aliphatic heterocycles. The predicted octanol–water partition coefficient (Wildman–Crippen LogP) is 3.64. The van der Waals surface area contributed by atoms with Crippen molar-refractivity contribution in [3.05, 3.63) is 45.9 Å². The minimum Gasteiger partial charge on any atom is -0.494 e. The summed E-state index contributed by atoms with van der Waals surface area (Å²) in [6, 6.07) is 8.49. The molecule has 1 aromatic carbocycles. The van der Waals surface area contributed by atoms with Crippen molar-refractivity contribution in [3.8, 4) is 5.75 Å². The van der Waals surface area contributed by atoms with Gasteiger partial charge in [-0.25, -0.2) is 4.98 Å². The number of aliphatic hydroxyl groups excluding tert-OH is 2. The molecule has 2 aromatic rings. The van der Waals surface area contributed by atoms with Gasteiger partial charge >= 0.3 is 0 Å². The van der Waals surface area contributed by atoms with Crippen LogP contribution in [0.2, 0.25) is 0 Å². The van der Waals surface area contributed by atoms with E-state index < -0.39 is 6.10 Å². The molecule has 0 bridgehead atoms. The molecule has 150 valence electrons. The Bertz CT molecular complexity index is 645. The number of hydrogen-bond acceptors (Lipinski definition) is 6. The predicted molar refractivity (Wildman–Crippen MR) is 110 cm³/mol. The molecule has 0 aliphatic carbocycles. The van der Waals surface area contributed by atoms with Gasteiger partial charge in [0.1, 0.15) is 11.9 Å². The summed E-state index contributed by atoms with van der Waals surface area (Å²) in [6.07, 6.45) is 4.37. The second-order valence-electron chi connectivity index (χ2n) is 6.95. The molecular weight excluding hydrogens is 360 g/mol. The molecule has 1 heterocycles. The van der Waals surface area contributed by atoms with E-state index in [1.165, 1.54) is 5.56 Å². The van der Waals surface area contributed by atoms with Gasteiger partial charge in [-0.3, -0.25) is 0 Å². The average molecular weight is 393 g/mol. The third-order valence-corrected chi connectivity index (χ3v) is 5.22. The monoisotopic (exact) mass is 392 g/mol. The number of nitrogens with one attached hydrogen (secondary N) is 1. The van der Waals surface area contributed by atoms with Gasteiger partial charge in [0.15, 0.2) is 0 Å². The molecule has 1 aromatic heterocycles. The van der Waals surface area contributed by atoms with Gasteiger partial charge in [0.25, 0.3) is 0 Å². The second kappa shape index (κ2) is 12.1. The van der Waals surface area contributed by atoms with E-state index in [0.29, 0.717) is 6.54 Å². The number of ether oxygens (including phenoxy) is 1. The molecule has 0 saturated carbocycles. The fourth-order valence-corrected chi connectivity index (χ4v) is 3.51. The lowest BCUT2D eigenvalue weighted by atomic mass is 10.1. The van der Waals surface area contributed by atoms with E-state index in [0.717, 1.165) is 55.2 Å². The molecule has 6 heteroatoms. The fourth-order valence-electron chi connectivity index (χ4n) is 2.86. The third kappa shape index (κ3) is 8.39. The maximum Gasteiger partial charge on any atom is 0.119 e. The van der Waals surface area contributed by atoms with Crippen LogP contribution in [0.25, 0.3) is 0 Å². The lowest BCUT2D eigenvalue weighted by molar-refractivity contribution is 0.166. The van der Waals surface area contributed by atoms with Crippen LogP contribution in [-0.4, -0.2) is 41.0 Å². The van der Waals surface area contributed by atoms with E-state index in [2.05, 4.69) is 29.4 Å². The molecule has 0 saturated heterocycles. The maximum absolute atomic E-state index is 10.2. The van der Waals surface area contributed by atoms with E-state index in [-0.39, 0.29) is 12.6 Å². The van der Waals surface area contributed by atoms with E-state index in [1.807, 2.05) is 24.4 Å². The van der Waals surface area contributed by atoms with Gasteiger partial charge in [-0.2, -0.15) is 0 Å². The summed E-state index contributed by atoms with van der Waals surface area (Å²) in [6.45, 7) is 5.56. The molecule has 0 spiro atoms. The highest BCUT2D eigenvalue weighted by molar-refractivity contribution is 7.09. The number of rotatable bonds is 13. The van der Waals surface area contributed by atoms with Crippen molar-refractivity contribution < 1.29 is 14.9 Å². The summed E-state index contributed by atoms with van der Waals surface area (Å²) in [5.74, 6) is 0.899. The van der Waals surface area contributed by atoms with Gasteiger partial charge < -0.3 is 20.3 Å². The molecule has 0 amide bonds. The van der Waals surface area contributed by atoms with Crippen LogP contribution in [0, 0.1) is 6.92 Å². The number of aromatic nitrogens is 1. The quantitative estimate of drug-likeness (QED) is 0.454. The SMILES string of the molecule is Cc1nc(C(O)CNC(C)Cc2ccc(OCCCCCCO)cc2)cs1. The number of thiazole rings is 1. The van der Waals surface area contributed by atoms with Crippen LogP contribution in [0.15, 0.2) is 29.6 Å². The number of benzene rings is 1. The Morgan fingerprint density at radius 2 is 1.89 bits per heavy atom. The first-order valence-corrected chi connectivity index (χ1v) is 10.6. The van der Waals surface area contributed by atoms with Gasteiger partial charge in [-0.1, -0.05) is 18.6 Å². The van der Waals surface area contributed by atoms with Crippen molar-refractivity contribution in [2.45, 2.75) is 58.1 Å². The molecule has 0 aliphatic rings. The number of unbranched alkanes of at least 4 members (excludes halogenated alkanes) is 3. The second-order valence-corrected chi connectivity index (χ2v) is 8.01. The highest BCUT2D eigenvalue weighted by Crippen LogP contribution is 2.17. The number of aliphatic hydroxyl groups is 2. The highest BCUT2D eigenvalue weighted by Gasteiger charge is 2.12. The average Bonchev–Trinajstić information content (AvgIpc) is 3.10. The lowest BCUT2D eigenvalue weighted by Gasteiger charge is -2.16. The summed E-state index contributed by atoms with van der Waals surface area (Å²) < 4.78 is 5.76. The zero-order valence-corrected chi connectivity index (χ0v) is 17.2. The van der Waals surface area contributed by atoms with Gasteiger partial charge in [-0.05, 0) is 57.2 Å². The molecule has 2 atom stereocenters. The van der Waals surface area contributed by atoms with Crippen LogP contribution in [0.3, 0.4) is 0 Å². The summed E-state index contributed by atoms with van der Waals surface area (Å²) in [7, 11) is 0. The Kier molecular flexibility index (Phi) is 9.77. The first-order valence-electron chi connectivity index (χ1n) is 9.74. The van der Waals surface area contributed by atoms with E-state index in [4.69, 9.17) is 9.84 Å². The van der Waals surface area contributed by atoms with Crippen LogP contribution < -0.4 is 10.1 Å². The van der Waals surface area contributed by atoms with Crippen molar-refractivity contribution in [2.24, 2.45) is 0 Å². The molecule has 27 heavy (non-hydrogen) atoms. The fraction of sp³-hybridized carbons (Fsp3) is 0.571. The maximum atomic E-state index is 10.2. The first-order chi connectivity index (χ1) is 13.1. The minimum atomic E-state index is -0.564. The molecule has 0 radical (unpaired) electrons. The summed E-state index contributed by atoms with van der Waals surface area (Å²) in [4.78, 5) is 4.33. The largest absolute Gasteiger partial charge is 0.494 e. The molecule has 0 fully saturated rings. The van der Waals surface area contributed by atoms with Crippen LogP contribution in [0.5, 0.6) is 5.75 Å². The third-order valence-electron chi connectivity index (χ3n) is 4.42. The molecule has 5 nitrogen and oxygen atoms in total. The summed E-state index contributed by atoms with van der Waals surface area (Å²) in [5, 5.41) is 25.2. The molecule has 2 unspecified atom stereocenters. The standard InChI is InChI=1S/C21H32N2O3S/c1-16(22-14-21(25)20-15-27-17(2)23-20)13-18-7-9-19(10-8-18)26-12-6-4-3-5-11-24/h7-10,15-16,21-22,24-25H,3-6,11-14H2,1-2H3.